The Bertz CT molecular complexity index is 1530. The number of benzene rings is 5. The molecule has 0 aliphatic heterocycles. The monoisotopic (exact) mass is 424 g/mol. The summed E-state index contributed by atoms with van der Waals surface area (Å²) in [5.74, 6) is 0. The summed E-state index contributed by atoms with van der Waals surface area (Å²) in [5.41, 5.74) is 7.28. The van der Waals surface area contributed by atoms with Crippen LogP contribution in [0.4, 0.5) is 0 Å². The number of fused-ring (bicyclic) bond motifs is 6. The third kappa shape index (κ3) is 2.74. The summed E-state index contributed by atoms with van der Waals surface area (Å²) >= 11 is 0. The molecule has 0 saturated carbocycles. The molecule has 2 nitrogen and oxygen atoms in total. The first-order valence-electron chi connectivity index (χ1n) is 11.0. The average molecular weight is 425 g/mol. The van der Waals surface area contributed by atoms with E-state index in [-0.39, 0.29) is 7.43 Å². The van der Waals surface area contributed by atoms with Gasteiger partial charge < -0.3 is 9.13 Å². The van der Waals surface area contributed by atoms with Crippen LogP contribution in [0, 0.1) is 0 Å². The highest BCUT2D eigenvalue weighted by Gasteiger charge is 2.13. The van der Waals surface area contributed by atoms with Crippen molar-refractivity contribution in [3.63, 3.8) is 0 Å². The van der Waals surface area contributed by atoms with Gasteiger partial charge in [-0.3, -0.25) is 0 Å². The van der Waals surface area contributed by atoms with Crippen molar-refractivity contribution >= 4 is 43.6 Å². The maximum absolute atomic E-state index is 2.36. The van der Waals surface area contributed by atoms with E-state index in [1.54, 1.807) is 0 Å². The maximum atomic E-state index is 2.36. The van der Waals surface area contributed by atoms with Gasteiger partial charge in [0, 0.05) is 32.9 Å². The van der Waals surface area contributed by atoms with Gasteiger partial charge in [-0.05, 0) is 48.5 Å². The third-order valence-corrected chi connectivity index (χ3v) is 6.53. The maximum Gasteiger partial charge on any atom is 0.0541 e. The second-order valence-electron chi connectivity index (χ2n) is 8.26. The molecular weight excluding hydrogens is 400 g/mol. The van der Waals surface area contributed by atoms with E-state index in [1.807, 2.05) is 0 Å². The van der Waals surface area contributed by atoms with Crippen molar-refractivity contribution in [3.8, 4) is 11.4 Å². The number of para-hydroxylation sites is 4. The Labute approximate surface area is 192 Å². The molecule has 33 heavy (non-hydrogen) atoms. The highest BCUT2D eigenvalue weighted by molar-refractivity contribution is 6.10. The highest BCUT2D eigenvalue weighted by Crippen LogP contribution is 2.34. The Morgan fingerprint density at radius 3 is 0.818 bits per heavy atom. The highest BCUT2D eigenvalue weighted by atomic mass is 15.0. The average Bonchev–Trinajstić information content (AvgIpc) is 3.38. The molecule has 0 bridgehead atoms. The quantitative estimate of drug-likeness (QED) is 0.263. The SMILES string of the molecule is C.c1ccc2c(c1)c1ccccc1n2-c1ccc(-n2c3ccccc3c3ccccc32)cc1. The zero-order valence-corrected chi connectivity index (χ0v) is 17.4. The van der Waals surface area contributed by atoms with Crippen LogP contribution in [0.25, 0.3) is 55.0 Å². The van der Waals surface area contributed by atoms with Gasteiger partial charge in [0.15, 0.2) is 0 Å². The molecule has 7 aromatic rings. The molecule has 7 rings (SSSR count). The van der Waals surface area contributed by atoms with Crippen LogP contribution >= 0.6 is 0 Å². The lowest BCUT2D eigenvalue weighted by Gasteiger charge is -2.11. The fourth-order valence-electron chi connectivity index (χ4n) is 5.15. The van der Waals surface area contributed by atoms with Crippen LogP contribution in [0.3, 0.4) is 0 Å². The molecule has 2 aromatic heterocycles. The van der Waals surface area contributed by atoms with Crippen molar-refractivity contribution in [3.05, 3.63) is 121 Å². The molecule has 2 heteroatoms. The number of nitrogens with zero attached hydrogens (tertiary/aromatic N) is 2. The lowest BCUT2D eigenvalue weighted by molar-refractivity contribution is 1.14. The molecule has 0 saturated heterocycles. The van der Waals surface area contributed by atoms with Crippen LogP contribution < -0.4 is 0 Å². The minimum Gasteiger partial charge on any atom is -0.309 e. The van der Waals surface area contributed by atoms with Gasteiger partial charge in [-0.2, -0.15) is 0 Å². The topological polar surface area (TPSA) is 9.86 Å². The van der Waals surface area contributed by atoms with Gasteiger partial charge in [-0.1, -0.05) is 80.2 Å². The predicted molar refractivity (Wildman–Crippen MR) is 142 cm³/mol. The Morgan fingerprint density at radius 2 is 0.545 bits per heavy atom. The summed E-state index contributed by atoms with van der Waals surface area (Å²) in [5, 5.41) is 5.15. The second-order valence-corrected chi connectivity index (χ2v) is 8.26. The summed E-state index contributed by atoms with van der Waals surface area (Å²) in [7, 11) is 0. The van der Waals surface area contributed by atoms with Gasteiger partial charge in [-0.15, -0.1) is 0 Å². The first kappa shape index (κ1) is 19.4. The zero-order chi connectivity index (χ0) is 21.1. The van der Waals surface area contributed by atoms with Gasteiger partial charge in [0.05, 0.1) is 22.1 Å². The van der Waals surface area contributed by atoms with E-state index >= 15 is 0 Å². The molecule has 5 aromatic carbocycles. The van der Waals surface area contributed by atoms with E-state index in [0.717, 1.165) is 0 Å². The van der Waals surface area contributed by atoms with Crippen molar-refractivity contribution < 1.29 is 0 Å². The summed E-state index contributed by atoms with van der Waals surface area (Å²) in [6.07, 6.45) is 0. The van der Waals surface area contributed by atoms with Crippen LogP contribution in [0.1, 0.15) is 7.43 Å². The van der Waals surface area contributed by atoms with Crippen molar-refractivity contribution in [1.82, 2.24) is 9.13 Å². The van der Waals surface area contributed by atoms with Crippen LogP contribution in [-0.4, -0.2) is 9.13 Å². The van der Waals surface area contributed by atoms with E-state index in [4.69, 9.17) is 0 Å². The van der Waals surface area contributed by atoms with E-state index in [9.17, 15) is 0 Å². The lowest BCUT2D eigenvalue weighted by Crippen LogP contribution is -1.97. The fourth-order valence-corrected chi connectivity index (χ4v) is 5.15. The van der Waals surface area contributed by atoms with Crippen molar-refractivity contribution in [2.45, 2.75) is 7.43 Å². The molecule has 0 fully saturated rings. The fraction of sp³-hybridized carbons (Fsp3) is 0.0323. The number of rotatable bonds is 2. The predicted octanol–water partition coefficient (Wildman–Crippen LogP) is 8.52. The Balaban J connectivity index is 0.00000206. The summed E-state index contributed by atoms with van der Waals surface area (Å²) in [4.78, 5) is 0. The van der Waals surface area contributed by atoms with Gasteiger partial charge >= 0.3 is 0 Å². The molecule has 0 amide bonds. The minimum absolute atomic E-state index is 0. The van der Waals surface area contributed by atoms with Gasteiger partial charge in [-0.25, -0.2) is 0 Å². The lowest BCUT2D eigenvalue weighted by atomic mass is 10.2. The van der Waals surface area contributed by atoms with Crippen LogP contribution in [0.2, 0.25) is 0 Å². The molecule has 2 heterocycles. The number of hydrogen-bond donors (Lipinski definition) is 0. The molecule has 0 aliphatic rings. The molecule has 0 N–H and O–H groups in total. The standard InChI is InChI=1S/C30H20N2.CH4/c1-5-13-27-23(9-1)24-10-2-6-14-28(24)31(27)21-17-19-22(20-18-21)32-29-15-7-3-11-25(29)26-12-4-8-16-30(26)32;/h1-20H;1H4. The van der Waals surface area contributed by atoms with Gasteiger partial charge in [0.25, 0.3) is 0 Å². The molecule has 0 spiro atoms. The molecule has 0 unspecified atom stereocenters. The largest absolute Gasteiger partial charge is 0.309 e. The van der Waals surface area contributed by atoms with Crippen molar-refractivity contribution in [1.29, 1.82) is 0 Å². The zero-order valence-electron chi connectivity index (χ0n) is 17.4. The number of aromatic nitrogens is 2. The summed E-state index contributed by atoms with van der Waals surface area (Å²) in [6.45, 7) is 0. The van der Waals surface area contributed by atoms with Crippen LogP contribution in [-0.2, 0) is 0 Å². The van der Waals surface area contributed by atoms with Gasteiger partial charge in [0.1, 0.15) is 0 Å². The molecular formula is C31H24N2. The van der Waals surface area contributed by atoms with Crippen LogP contribution in [0.5, 0.6) is 0 Å². The summed E-state index contributed by atoms with van der Waals surface area (Å²) in [6, 6.07) is 43.5. The molecule has 0 radical (unpaired) electrons. The smallest absolute Gasteiger partial charge is 0.0541 e. The normalized spacial score (nSPS) is 11.4. The molecule has 0 aliphatic carbocycles. The van der Waals surface area contributed by atoms with Gasteiger partial charge in [0.2, 0.25) is 0 Å². The minimum atomic E-state index is 0. The van der Waals surface area contributed by atoms with E-state index in [1.165, 1.54) is 55.0 Å². The van der Waals surface area contributed by atoms with E-state index in [0.29, 0.717) is 0 Å². The second kappa shape index (κ2) is 7.39. The third-order valence-electron chi connectivity index (χ3n) is 6.53. The molecule has 0 atom stereocenters. The van der Waals surface area contributed by atoms with E-state index in [2.05, 4.69) is 130 Å². The Morgan fingerprint density at radius 1 is 0.303 bits per heavy atom. The number of hydrogen-bond acceptors (Lipinski definition) is 0. The Kier molecular flexibility index (Phi) is 4.34. The van der Waals surface area contributed by atoms with Crippen molar-refractivity contribution in [2.75, 3.05) is 0 Å². The molecule has 158 valence electrons. The van der Waals surface area contributed by atoms with Crippen molar-refractivity contribution in [2.24, 2.45) is 0 Å². The van der Waals surface area contributed by atoms with Crippen LogP contribution in [0.15, 0.2) is 121 Å². The first-order chi connectivity index (χ1) is 15.9. The van der Waals surface area contributed by atoms with E-state index < -0.39 is 0 Å². The Hall–Kier alpha value is -4.30. The summed E-state index contributed by atoms with van der Waals surface area (Å²) < 4.78 is 4.72. The first-order valence-corrected chi connectivity index (χ1v) is 11.0.